The van der Waals surface area contributed by atoms with Gasteiger partial charge < -0.3 is 0 Å². The first-order valence-electron chi connectivity index (χ1n) is 7.20. The van der Waals surface area contributed by atoms with Crippen molar-refractivity contribution in [2.75, 3.05) is 27.8 Å². The van der Waals surface area contributed by atoms with Gasteiger partial charge in [-0.2, -0.15) is 4.98 Å². The quantitative estimate of drug-likeness (QED) is 0.912. The zero-order valence-corrected chi connectivity index (χ0v) is 14.3. The molecule has 0 spiro atoms. The molecule has 0 bridgehead atoms. The number of urea groups is 1. The molecule has 1 aromatic carbocycles. The normalized spacial score (nSPS) is 14.5. The maximum Gasteiger partial charge on any atom is 0.330 e. The molecule has 0 aliphatic carbocycles. The second-order valence-electron chi connectivity index (χ2n) is 5.68. The van der Waals surface area contributed by atoms with Gasteiger partial charge in [-0.1, -0.05) is 12.1 Å². The first kappa shape index (κ1) is 16.2. The standard InChI is InChI=1S/C15H17N5O3S/c1-10-5-4-6-12(7-10)20-9-11-8-16-14(18-24(3,22)23)17-13(11)19(2)15(20)21/h4-8H,9H2,1-3H3,(H,16,17,18). The highest BCUT2D eigenvalue weighted by molar-refractivity contribution is 7.91. The van der Waals surface area contributed by atoms with E-state index in [1.807, 2.05) is 31.2 Å². The van der Waals surface area contributed by atoms with E-state index in [0.29, 0.717) is 12.4 Å². The minimum Gasteiger partial charge on any atom is -0.289 e. The van der Waals surface area contributed by atoms with Crippen molar-refractivity contribution in [2.24, 2.45) is 0 Å². The number of carbonyl (C=O) groups is 1. The van der Waals surface area contributed by atoms with Gasteiger partial charge in [-0.25, -0.2) is 18.2 Å². The van der Waals surface area contributed by atoms with Crippen molar-refractivity contribution in [3.63, 3.8) is 0 Å². The van der Waals surface area contributed by atoms with Gasteiger partial charge in [0.2, 0.25) is 16.0 Å². The number of aryl methyl sites for hydroxylation is 1. The molecule has 0 radical (unpaired) electrons. The molecule has 0 atom stereocenters. The second-order valence-corrected chi connectivity index (χ2v) is 7.43. The summed E-state index contributed by atoms with van der Waals surface area (Å²) in [7, 11) is -1.88. The van der Waals surface area contributed by atoms with Crippen LogP contribution in [0, 0.1) is 6.92 Å². The SMILES string of the molecule is Cc1cccc(N2Cc3cnc(NS(C)(=O)=O)nc3N(C)C2=O)c1. The van der Waals surface area contributed by atoms with Gasteiger partial charge in [-0.3, -0.25) is 14.5 Å². The van der Waals surface area contributed by atoms with Crippen molar-refractivity contribution in [1.82, 2.24) is 9.97 Å². The summed E-state index contributed by atoms with van der Waals surface area (Å²) in [6, 6.07) is 7.41. The number of amides is 2. The largest absolute Gasteiger partial charge is 0.330 e. The second kappa shape index (κ2) is 5.75. The maximum absolute atomic E-state index is 12.6. The molecule has 9 heteroatoms. The van der Waals surface area contributed by atoms with E-state index in [-0.39, 0.29) is 12.0 Å². The predicted molar refractivity (Wildman–Crippen MR) is 91.7 cm³/mol. The fraction of sp³-hybridized carbons (Fsp3) is 0.267. The van der Waals surface area contributed by atoms with E-state index in [0.717, 1.165) is 23.1 Å². The number of hydrogen-bond acceptors (Lipinski definition) is 5. The summed E-state index contributed by atoms with van der Waals surface area (Å²) < 4.78 is 24.8. The molecule has 0 unspecified atom stereocenters. The molecule has 0 saturated heterocycles. The number of fused-ring (bicyclic) bond motifs is 1. The van der Waals surface area contributed by atoms with Crippen molar-refractivity contribution in [3.05, 3.63) is 41.6 Å². The molecule has 2 amide bonds. The minimum atomic E-state index is -3.48. The Morgan fingerprint density at radius 3 is 2.71 bits per heavy atom. The van der Waals surface area contributed by atoms with Crippen LogP contribution in [0.25, 0.3) is 0 Å². The number of hydrogen-bond donors (Lipinski definition) is 1. The van der Waals surface area contributed by atoms with E-state index in [1.165, 1.54) is 11.1 Å². The number of anilines is 3. The average Bonchev–Trinajstić information content (AvgIpc) is 2.50. The minimum absolute atomic E-state index is 0.0556. The molecule has 2 aromatic rings. The molecular weight excluding hydrogens is 330 g/mol. The Balaban J connectivity index is 1.97. The van der Waals surface area contributed by atoms with Crippen LogP contribution in [0.5, 0.6) is 0 Å². The van der Waals surface area contributed by atoms with Crippen molar-refractivity contribution < 1.29 is 13.2 Å². The smallest absolute Gasteiger partial charge is 0.289 e. The Hall–Kier alpha value is -2.68. The van der Waals surface area contributed by atoms with Crippen molar-refractivity contribution in [3.8, 4) is 0 Å². The summed E-state index contributed by atoms with van der Waals surface area (Å²) in [5, 5.41) is 0. The van der Waals surface area contributed by atoms with Gasteiger partial charge in [0.25, 0.3) is 0 Å². The molecule has 126 valence electrons. The lowest BCUT2D eigenvalue weighted by molar-refractivity contribution is 0.251. The van der Waals surface area contributed by atoms with Crippen LogP contribution in [0.2, 0.25) is 0 Å². The Morgan fingerprint density at radius 2 is 2.04 bits per heavy atom. The lowest BCUT2D eigenvalue weighted by Crippen LogP contribution is -2.46. The zero-order chi connectivity index (χ0) is 17.5. The van der Waals surface area contributed by atoms with Crippen LogP contribution in [0.4, 0.5) is 22.2 Å². The van der Waals surface area contributed by atoms with Crippen LogP contribution >= 0.6 is 0 Å². The number of sulfonamides is 1. The van der Waals surface area contributed by atoms with Gasteiger partial charge in [0.1, 0.15) is 5.82 Å². The maximum atomic E-state index is 12.6. The third kappa shape index (κ3) is 3.16. The molecule has 1 N–H and O–H groups in total. The Bertz CT molecular complexity index is 913. The van der Waals surface area contributed by atoms with Gasteiger partial charge in [-0.05, 0) is 24.6 Å². The highest BCUT2D eigenvalue weighted by Crippen LogP contribution is 2.30. The molecule has 3 rings (SSSR count). The highest BCUT2D eigenvalue weighted by Gasteiger charge is 2.30. The first-order valence-corrected chi connectivity index (χ1v) is 9.09. The zero-order valence-electron chi connectivity index (χ0n) is 13.5. The highest BCUT2D eigenvalue weighted by atomic mass is 32.2. The van der Waals surface area contributed by atoms with Crippen molar-refractivity contribution in [2.45, 2.75) is 13.5 Å². The third-order valence-corrected chi connectivity index (χ3v) is 4.15. The molecule has 24 heavy (non-hydrogen) atoms. The number of benzene rings is 1. The number of carbonyl (C=O) groups excluding carboxylic acids is 1. The predicted octanol–water partition coefficient (Wildman–Crippen LogP) is 1.73. The molecule has 1 aromatic heterocycles. The summed E-state index contributed by atoms with van der Waals surface area (Å²) in [5.74, 6) is 0.338. The summed E-state index contributed by atoms with van der Waals surface area (Å²) >= 11 is 0. The molecule has 8 nitrogen and oxygen atoms in total. The van der Waals surface area contributed by atoms with E-state index >= 15 is 0 Å². The van der Waals surface area contributed by atoms with Gasteiger partial charge >= 0.3 is 6.03 Å². The summed E-state index contributed by atoms with van der Waals surface area (Å²) in [6.07, 6.45) is 2.55. The fourth-order valence-corrected chi connectivity index (χ4v) is 2.95. The number of nitrogens with one attached hydrogen (secondary N) is 1. The van der Waals surface area contributed by atoms with E-state index in [1.54, 1.807) is 11.9 Å². The van der Waals surface area contributed by atoms with E-state index in [4.69, 9.17) is 0 Å². The molecule has 1 aliphatic heterocycles. The number of nitrogens with zero attached hydrogens (tertiary/aromatic N) is 4. The van der Waals surface area contributed by atoms with Crippen molar-refractivity contribution >= 4 is 33.5 Å². The molecule has 2 heterocycles. The van der Waals surface area contributed by atoms with Crippen LogP contribution in [0.1, 0.15) is 11.1 Å². The molecular formula is C15H17N5O3S. The van der Waals surface area contributed by atoms with Crippen molar-refractivity contribution in [1.29, 1.82) is 0 Å². The van der Waals surface area contributed by atoms with Gasteiger partial charge in [0, 0.05) is 24.5 Å². The summed E-state index contributed by atoms with van der Waals surface area (Å²) in [4.78, 5) is 23.8. The van der Waals surface area contributed by atoms with E-state index < -0.39 is 10.0 Å². The van der Waals surface area contributed by atoms with Crippen LogP contribution < -0.4 is 14.5 Å². The van der Waals surface area contributed by atoms with E-state index in [2.05, 4.69) is 14.7 Å². The lowest BCUT2D eigenvalue weighted by atomic mass is 10.1. The fourth-order valence-electron chi connectivity index (χ4n) is 2.52. The monoisotopic (exact) mass is 347 g/mol. The molecule has 0 fully saturated rings. The van der Waals surface area contributed by atoms with Crippen LogP contribution in [-0.4, -0.2) is 37.7 Å². The topological polar surface area (TPSA) is 95.5 Å². The number of rotatable bonds is 3. The first-order chi connectivity index (χ1) is 11.2. The molecule has 1 aliphatic rings. The summed E-state index contributed by atoms with van der Waals surface area (Å²) in [6.45, 7) is 2.28. The van der Waals surface area contributed by atoms with Gasteiger partial charge in [0.15, 0.2) is 0 Å². The average molecular weight is 347 g/mol. The van der Waals surface area contributed by atoms with Gasteiger partial charge in [-0.15, -0.1) is 0 Å². The van der Waals surface area contributed by atoms with Crippen LogP contribution in [0.3, 0.4) is 0 Å². The Morgan fingerprint density at radius 1 is 1.29 bits per heavy atom. The lowest BCUT2D eigenvalue weighted by Gasteiger charge is -2.34. The van der Waals surface area contributed by atoms with Crippen LogP contribution in [-0.2, 0) is 16.6 Å². The van der Waals surface area contributed by atoms with Gasteiger partial charge in [0.05, 0.1) is 12.8 Å². The third-order valence-electron chi connectivity index (χ3n) is 3.60. The van der Waals surface area contributed by atoms with E-state index in [9.17, 15) is 13.2 Å². The Labute approximate surface area is 140 Å². The van der Waals surface area contributed by atoms with Crippen LogP contribution in [0.15, 0.2) is 30.5 Å². The molecule has 0 saturated carbocycles. The summed E-state index contributed by atoms with van der Waals surface area (Å²) in [5.41, 5.74) is 2.58. The number of aromatic nitrogens is 2. The Kier molecular flexibility index (Phi) is 3.88.